The molecule has 0 radical (unpaired) electrons. The second-order valence-corrected chi connectivity index (χ2v) is 3.71. The molecule has 70 valence electrons. The molecule has 4 nitrogen and oxygen atoms in total. The van der Waals surface area contributed by atoms with Crippen molar-refractivity contribution >= 4 is 10.8 Å². The quantitative estimate of drug-likeness (QED) is 0.660. The average molecular weight is 197 g/mol. The fraction of sp³-hybridized carbons (Fsp3) is 0.500. The zero-order valence-corrected chi connectivity index (χ0v) is 8.47. The fourth-order valence-electron chi connectivity index (χ4n) is 0.922. The van der Waals surface area contributed by atoms with Crippen LogP contribution >= 0.6 is 0 Å². The summed E-state index contributed by atoms with van der Waals surface area (Å²) in [5.74, 6) is 5.73. The maximum Gasteiger partial charge on any atom is 0.221 e. The first-order chi connectivity index (χ1) is 6.25. The molecule has 0 bridgehead atoms. The topological polar surface area (TPSA) is 47.8 Å². The SMILES string of the molecule is CC#CCCn1cnnc1S(C)=O. The van der Waals surface area contributed by atoms with E-state index < -0.39 is 10.8 Å². The Labute approximate surface area is 79.8 Å². The van der Waals surface area contributed by atoms with Crippen molar-refractivity contribution in [1.29, 1.82) is 0 Å². The highest BCUT2D eigenvalue weighted by Crippen LogP contribution is 2.00. The van der Waals surface area contributed by atoms with Crippen LogP contribution in [0.15, 0.2) is 11.5 Å². The summed E-state index contributed by atoms with van der Waals surface area (Å²) in [5.41, 5.74) is 0. The standard InChI is InChI=1S/C8H11N3OS/c1-3-4-5-6-11-7-9-10-8(11)13(2)12/h7H,5-6H2,1-2H3. The van der Waals surface area contributed by atoms with Gasteiger partial charge in [-0.1, -0.05) is 0 Å². The van der Waals surface area contributed by atoms with Gasteiger partial charge in [-0.05, 0) is 6.92 Å². The average Bonchev–Trinajstić information content (AvgIpc) is 2.53. The maximum atomic E-state index is 11.1. The van der Waals surface area contributed by atoms with Crippen LogP contribution in [-0.2, 0) is 17.3 Å². The second kappa shape index (κ2) is 4.77. The van der Waals surface area contributed by atoms with Crippen molar-refractivity contribution in [3.05, 3.63) is 6.33 Å². The molecule has 0 aliphatic rings. The van der Waals surface area contributed by atoms with Crippen LogP contribution in [0.25, 0.3) is 0 Å². The first-order valence-electron chi connectivity index (χ1n) is 3.86. The number of aromatic nitrogens is 3. The predicted molar refractivity (Wildman–Crippen MR) is 50.4 cm³/mol. The highest BCUT2D eigenvalue weighted by atomic mass is 32.2. The van der Waals surface area contributed by atoms with E-state index in [1.165, 1.54) is 0 Å². The Morgan fingerprint density at radius 1 is 1.69 bits per heavy atom. The van der Waals surface area contributed by atoms with E-state index in [0.717, 1.165) is 6.42 Å². The number of hydrogen-bond donors (Lipinski definition) is 0. The van der Waals surface area contributed by atoms with E-state index >= 15 is 0 Å². The molecule has 5 heteroatoms. The van der Waals surface area contributed by atoms with Crippen molar-refractivity contribution in [2.24, 2.45) is 0 Å². The lowest BCUT2D eigenvalue weighted by molar-refractivity contribution is 0.625. The molecule has 0 spiro atoms. The van der Waals surface area contributed by atoms with Crippen molar-refractivity contribution in [2.75, 3.05) is 6.26 Å². The number of nitrogens with zero attached hydrogens (tertiary/aromatic N) is 3. The molecule has 1 aromatic heterocycles. The van der Waals surface area contributed by atoms with E-state index in [0.29, 0.717) is 11.7 Å². The van der Waals surface area contributed by atoms with Crippen molar-refractivity contribution in [1.82, 2.24) is 14.8 Å². The summed E-state index contributed by atoms with van der Waals surface area (Å²) in [7, 11) is -1.07. The molecule has 13 heavy (non-hydrogen) atoms. The van der Waals surface area contributed by atoms with Crippen LogP contribution in [0.5, 0.6) is 0 Å². The molecule has 1 unspecified atom stereocenters. The second-order valence-electron chi connectivity index (χ2n) is 2.44. The van der Waals surface area contributed by atoms with Crippen LogP contribution in [0.3, 0.4) is 0 Å². The molecule has 1 heterocycles. The first-order valence-corrected chi connectivity index (χ1v) is 5.42. The van der Waals surface area contributed by atoms with Gasteiger partial charge in [-0.25, -0.2) is 0 Å². The van der Waals surface area contributed by atoms with Crippen LogP contribution in [0.2, 0.25) is 0 Å². The lowest BCUT2D eigenvalue weighted by Gasteiger charge is -1.99. The van der Waals surface area contributed by atoms with Crippen LogP contribution in [0, 0.1) is 11.8 Å². The Kier molecular flexibility index (Phi) is 3.65. The minimum atomic E-state index is -1.07. The first kappa shape index (κ1) is 9.93. The van der Waals surface area contributed by atoms with Crippen LogP contribution in [-0.4, -0.2) is 25.2 Å². The van der Waals surface area contributed by atoms with Gasteiger partial charge in [0.25, 0.3) is 0 Å². The fourth-order valence-corrected chi connectivity index (χ4v) is 1.55. The predicted octanol–water partition coefficient (Wildman–Crippen LogP) is 0.429. The lowest BCUT2D eigenvalue weighted by atomic mass is 10.4. The van der Waals surface area contributed by atoms with Gasteiger partial charge in [0.2, 0.25) is 5.16 Å². The summed E-state index contributed by atoms with van der Waals surface area (Å²) in [6.45, 7) is 2.49. The zero-order valence-electron chi connectivity index (χ0n) is 7.65. The van der Waals surface area contributed by atoms with Gasteiger partial charge in [0.05, 0.1) is 10.8 Å². The molecule has 0 saturated heterocycles. The Morgan fingerprint density at radius 2 is 2.46 bits per heavy atom. The normalized spacial score (nSPS) is 11.8. The molecular weight excluding hydrogens is 186 g/mol. The van der Waals surface area contributed by atoms with E-state index in [1.807, 2.05) is 0 Å². The molecule has 1 aromatic rings. The molecule has 0 aliphatic carbocycles. The summed E-state index contributed by atoms with van der Waals surface area (Å²) in [4.78, 5) is 0. The maximum absolute atomic E-state index is 11.1. The third-order valence-electron chi connectivity index (χ3n) is 1.49. The Morgan fingerprint density at radius 3 is 3.08 bits per heavy atom. The highest BCUT2D eigenvalue weighted by Gasteiger charge is 2.05. The van der Waals surface area contributed by atoms with Gasteiger partial charge in [-0.15, -0.1) is 22.0 Å². The zero-order chi connectivity index (χ0) is 9.68. The molecule has 0 saturated carbocycles. The highest BCUT2D eigenvalue weighted by molar-refractivity contribution is 7.84. The summed E-state index contributed by atoms with van der Waals surface area (Å²) in [6.07, 6.45) is 3.90. The minimum Gasteiger partial charge on any atom is -0.306 e. The van der Waals surface area contributed by atoms with E-state index in [-0.39, 0.29) is 0 Å². The van der Waals surface area contributed by atoms with Crippen molar-refractivity contribution in [3.8, 4) is 11.8 Å². The van der Waals surface area contributed by atoms with E-state index in [2.05, 4.69) is 22.0 Å². The van der Waals surface area contributed by atoms with Crippen molar-refractivity contribution < 1.29 is 4.21 Å². The monoisotopic (exact) mass is 197 g/mol. The van der Waals surface area contributed by atoms with Crippen LogP contribution in [0.4, 0.5) is 0 Å². The molecule has 1 rings (SSSR count). The summed E-state index contributed by atoms with van der Waals surface area (Å²) >= 11 is 0. The summed E-state index contributed by atoms with van der Waals surface area (Å²) in [6, 6.07) is 0. The van der Waals surface area contributed by atoms with E-state index in [4.69, 9.17) is 0 Å². The molecule has 0 aromatic carbocycles. The number of aryl methyl sites for hydroxylation is 1. The third kappa shape index (κ3) is 2.67. The summed E-state index contributed by atoms with van der Waals surface area (Å²) in [5, 5.41) is 7.96. The Bertz CT molecular complexity index is 361. The number of rotatable bonds is 3. The van der Waals surface area contributed by atoms with Crippen LogP contribution < -0.4 is 0 Å². The largest absolute Gasteiger partial charge is 0.306 e. The molecule has 0 fully saturated rings. The van der Waals surface area contributed by atoms with E-state index in [1.54, 1.807) is 24.1 Å². The molecular formula is C8H11N3OS. The van der Waals surface area contributed by atoms with E-state index in [9.17, 15) is 4.21 Å². The Balaban J connectivity index is 2.69. The number of hydrogen-bond acceptors (Lipinski definition) is 3. The van der Waals surface area contributed by atoms with Gasteiger partial charge in [-0.3, -0.25) is 4.21 Å². The van der Waals surface area contributed by atoms with Gasteiger partial charge in [0.15, 0.2) is 0 Å². The lowest BCUT2D eigenvalue weighted by Crippen LogP contribution is -2.03. The van der Waals surface area contributed by atoms with Crippen LogP contribution in [0.1, 0.15) is 13.3 Å². The summed E-state index contributed by atoms with van der Waals surface area (Å²) < 4.78 is 12.9. The van der Waals surface area contributed by atoms with Gasteiger partial charge in [0.1, 0.15) is 6.33 Å². The van der Waals surface area contributed by atoms with Gasteiger partial charge >= 0.3 is 0 Å². The Hall–Kier alpha value is -1.15. The molecule has 0 amide bonds. The van der Waals surface area contributed by atoms with Crippen molar-refractivity contribution in [2.45, 2.75) is 25.0 Å². The minimum absolute atomic E-state index is 0.512. The van der Waals surface area contributed by atoms with Crippen molar-refractivity contribution in [3.63, 3.8) is 0 Å². The molecule has 0 aliphatic heterocycles. The third-order valence-corrected chi connectivity index (χ3v) is 2.32. The van der Waals surface area contributed by atoms with Gasteiger partial charge < -0.3 is 4.57 Å². The smallest absolute Gasteiger partial charge is 0.221 e. The van der Waals surface area contributed by atoms with Gasteiger partial charge in [-0.2, -0.15) is 0 Å². The molecule has 1 atom stereocenters. The van der Waals surface area contributed by atoms with Gasteiger partial charge in [0, 0.05) is 19.2 Å². The molecule has 0 N–H and O–H groups in total.